The topological polar surface area (TPSA) is 76.7 Å². The third-order valence-corrected chi connectivity index (χ3v) is 6.99. The van der Waals surface area contributed by atoms with Gasteiger partial charge in [0, 0.05) is 5.02 Å². The first-order chi connectivity index (χ1) is 16.0. The predicted molar refractivity (Wildman–Crippen MR) is 132 cm³/mol. The largest absolute Gasteiger partial charge is 0.392 e. The van der Waals surface area contributed by atoms with Crippen molar-refractivity contribution in [3.63, 3.8) is 0 Å². The van der Waals surface area contributed by atoms with E-state index < -0.39 is 5.92 Å². The SMILES string of the molecule is Cc1ccc(-n2c3c(n(-c4ccccc4)c2=O)C(c2ccc(Cl)cc2)C(C#N)=C(N)S3)cc1. The van der Waals surface area contributed by atoms with Gasteiger partial charge in [-0.25, -0.2) is 4.79 Å². The lowest BCUT2D eigenvalue weighted by Crippen LogP contribution is -2.24. The second-order valence-electron chi connectivity index (χ2n) is 7.79. The van der Waals surface area contributed by atoms with E-state index in [0.717, 1.165) is 22.5 Å². The van der Waals surface area contributed by atoms with Gasteiger partial charge in [0.25, 0.3) is 0 Å². The van der Waals surface area contributed by atoms with Crippen molar-refractivity contribution in [2.75, 3.05) is 0 Å². The molecule has 0 fully saturated rings. The molecule has 4 aromatic rings. The van der Waals surface area contributed by atoms with Crippen LogP contribution in [0, 0.1) is 18.3 Å². The van der Waals surface area contributed by atoms with Crippen molar-refractivity contribution in [1.82, 2.24) is 9.13 Å². The maximum absolute atomic E-state index is 13.9. The number of hydrogen-bond acceptors (Lipinski definition) is 4. The fourth-order valence-electron chi connectivity index (χ4n) is 4.14. The van der Waals surface area contributed by atoms with Crippen molar-refractivity contribution in [3.05, 3.63) is 122 Å². The number of hydrogen-bond donors (Lipinski definition) is 1. The molecule has 0 aliphatic carbocycles. The summed E-state index contributed by atoms with van der Waals surface area (Å²) in [4.78, 5) is 13.9. The van der Waals surface area contributed by atoms with E-state index in [4.69, 9.17) is 17.3 Å². The summed E-state index contributed by atoms with van der Waals surface area (Å²) in [6.45, 7) is 2.00. The van der Waals surface area contributed by atoms with Crippen molar-refractivity contribution in [2.24, 2.45) is 5.73 Å². The van der Waals surface area contributed by atoms with Gasteiger partial charge in [0.2, 0.25) is 0 Å². The Labute approximate surface area is 200 Å². The molecule has 0 radical (unpaired) electrons. The predicted octanol–water partition coefficient (Wildman–Crippen LogP) is 5.52. The lowest BCUT2D eigenvalue weighted by molar-refractivity contribution is 0.820. The standard InChI is InChI=1S/C26H19ClN4OS/c1-16-7-13-20(14-8-16)31-25-23(30(26(31)32)19-5-3-2-4-6-19)22(21(15-28)24(29)33-25)17-9-11-18(27)12-10-17/h2-14,22H,29H2,1H3. The monoisotopic (exact) mass is 470 g/mol. The number of para-hydroxylation sites is 1. The summed E-state index contributed by atoms with van der Waals surface area (Å²) in [6.07, 6.45) is 0. The average Bonchev–Trinajstić information content (AvgIpc) is 3.11. The molecule has 5 rings (SSSR count). The number of aromatic nitrogens is 2. The normalized spacial score (nSPS) is 15.2. The van der Waals surface area contributed by atoms with Gasteiger partial charge in [0.1, 0.15) is 5.03 Å². The number of thioether (sulfide) groups is 1. The molecule has 0 bridgehead atoms. The molecule has 3 aromatic carbocycles. The summed E-state index contributed by atoms with van der Waals surface area (Å²) in [5.41, 5.74) is 10.7. The number of benzene rings is 3. The summed E-state index contributed by atoms with van der Waals surface area (Å²) in [5, 5.41) is 11.7. The Kier molecular flexibility index (Phi) is 5.37. The van der Waals surface area contributed by atoms with Gasteiger partial charge in [-0.05, 0) is 48.9 Å². The number of rotatable bonds is 3. The molecule has 162 valence electrons. The van der Waals surface area contributed by atoms with Crippen LogP contribution in [0.2, 0.25) is 5.02 Å². The zero-order chi connectivity index (χ0) is 23.1. The molecule has 0 saturated carbocycles. The minimum Gasteiger partial charge on any atom is -0.392 e. The van der Waals surface area contributed by atoms with Gasteiger partial charge in [-0.3, -0.25) is 9.13 Å². The van der Waals surface area contributed by atoms with Crippen LogP contribution in [-0.4, -0.2) is 9.13 Å². The molecular formula is C26H19ClN4OS. The fraction of sp³-hybridized carbons (Fsp3) is 0.0769. The third-order valence-electron chi connectivity index (χ3n) is 5.71. The lowest BCUT2D eigenvalue weighted by atomic mass is 9.89. The van der Waals surface area contributed by atoms with E-state index in [1.54, 1.807) is 21.3 Å². The lowest BCUT2D eigenvalue weighted by Gasteiger charge is -2.25. The van der Waals surface area contributed by atoms with Crippen LogP contribution in [0.3, 0.4) is 0 Å². The van der Waals surface area contributed by atoms with E-state index in [-0.39, 0.29) is 5.69 Å². The maximum atomic E-state index is 13.9. The van der Waals surface area contributed by atoms with Gasteiger partial charge in [0.15, 0.2) is 0 Å². The highest BCUT2D eigenvalue weighted by Crippen LogP contribution is 2.47. The highest BCUT2D eigenvalue weighted by molar-refractivity contribution is 8.03. The van der Waals surface area contributed by atoms with E-state index in [9.17, 15) is 10.1 Å². The maximum Gasteiger partial charge on any atom is 0.338 e. The van der Waals surface area contributed by atoms with Crippen LogP contribution in [0.5, 0.6) is 0 Å². The molecule has 1 aliphatic heterocycles. The van der Waals surface area contributed by atoms with Gasteiger partial charge in [-0.1, -0.05) is 71.4 Å². The average molecular weight is 471 g/mol. The molecule has 1 atom stereocenters. The number of nitrogens with two attached hydrogens (primary N) is 1. The Balaban J connectivity index is 1.88. The molecule has 7 heteroatoms. The number of nitriles is 1. The van der Waals surface area contributed by atoms with E-state index in [0.29, 0.717) is 26.3 Å². The van der Waals surface area contributed by atoms with E-state index in [2.05, 4.69) is 6.07 Å². The Morgan fingerprint density at radius 1 is 0.939 bits per heavy atom. The fourth-order valence-corrected chi connectivity index (χ4v) is 5.33. The molecule has 33 heavy (non-hydrogen) atoms. The molecule has 1 aliphatic rings. The number of fused-ring (bicyclic) bond motifs is 1. The van der Waals surface area contributed by atoms with Crippen molar-refractivity contribution < 1.29 is 0 Å². The van der Waals surface area contributed by atoms with E-state index in [1.807, 2.05) is 73.7 Å². The first-order valence-electron chi connectivity index (χ1n) is 10.3. The number of halogens is 1. The van der Waals surface area contributed by atoms with Crippen LogP contribution in [0.4, 0.5) is 0 Å². The Hall–Kier alpha value is -3.66. The minimum absolute atomic E-state index is 0.214. The van der Waals surface area contributed by atoms with Crippen molar-refractivity contribution in [1.29, 1.82) is 5.26 Å². The third kappa shape index (κ3) is 3.56. The second-order valence-corrected chi connectivity index (χ2v) is 9.26. The van der Waals surface area contributed by atoms with Crippen LogP contribution in [0.15, 0.2) is 99.3 Å². The second kappa shape index (κ2) is 8.36. The Morgan fingerprint density at radius 2 is 1.58 bits per heavy atom. The molecule has 1 aromatic heterocycles. The van der Waals surface area contributed by atoms with Gasteiger partial charge in [0.05, 0.1) is 39.7 Å². The number of nitrogens with zero attached hydrogens (tertiary/aromatic N) is 3. The zero-order valence-electron chi connectivity index (χ0n) is 17.7. The van der Waals surface area contributed by atoms with Crippen LogP contribution in [0.25, 0.3) is 11.4 Å². The number of allylic oxidation sites excluding steroid dienone is 1. The molecule has 0 saturated heterocycles. The molecule has 2 N–H and O–H groups in total. The molecule has 5 nitrogen and oxygen atoms in total. The Bertz CT molecular complexity index is 1480. The highest BCUT2D eigenvalue weighted by Gasteiger charge is 2.37. The number of aryl methyl sites for hydroxylation is 1. The van der Waals surface area contributed by atoms with E-state index in [1.165, 1.54) is 11.8 Å². The smallest absolute Gasteiger partial charge is 0.338 e. The summed E-state index contributed by atoms with van der Waals surface area (Å²) in [7, 11) is 0. The summed E-state index contributed by atoms with van der Waals surface area (Å²) < 4.78 is 3.36. The molecular weight excluding hydrogens is 452 g/mol. The van der Waals surface area contributed by atoms with Crippen LogP contribution < -0.4 is 11.4 Å². The Morgan fingerprint density at radius 3 is 2.21 bits per heavy atom. The van der Waals surface area contributed by atoms with Gasteiger partial charge in [-0.2, -0.15) is 5.26 Å². The van der Waals surface area contributed by atoms with Crippen LogP contribution in [0.1, 0.15) is 22.7 Å². The highest BCUT2D eigenvalue weighted by atomic mass is 35.5. The first kappa shape index (κ1) is 21.2. The first-order valence-corrected chi connectivity index (χ1v) is 11.5. The summed E-state index contributed by atoms with van der Waals surface area (Å²) >= 11 is 7.39. The quantitative estimate of drug-likeness (QED) is 0.427. The van der Waals surface area contributed by atoms with Crippen molar-refractivity contribution >= 4 is 23.4 Å². The van der Waals surface area contributed by atoms with Gasteiger partial charge >= 0.3 is 5.69 Å². The van der Waals surface area contributed by atoms with E-state index >= 15 is 0 Å². The molecule has 0 spiro atoms. The van der Waals surface area contributed by atoms with Crippen LogP contribution in [-0.2, 0) is 0 Å². The van der Waals surface area contributed by atoms with Crippen molar-refractivity contribution in [3.8, 4) is 17.4 Å². The molecule has 2 heterocycles. The van der Waals surface area contributed by atoms with Gasteiger partial charge in [-0.15, -0.1) is 0 Å². The van der Waals surface area contributed by atoms with Crippen LogP contribution >= 0.6 is 23.4 Å². The summed E-state index contributed by atoms with van der Waals surface area (Å²) in [5.74, 6) is -0.511. The summed E-state index contributed by atoms with van der Waals surface area (Å²) in [6, 6.07) is 26.8. The van der Waals surface area contributed by atoms with Gasteiger partial charge < -0.3 is 5.73 Å². The minimum atomic E-state index is -0.511. The zero-order valence-corrected chi connectivity index (χ0v) is 19.3. The molecule has 1 unspecified atom stereocenters. The number of imidazole rings is 1. The van der Waals surface area contributed by atoms with Crippen molar-refractivity contribution in [2.45, 2.75) is 17.9 Å². The molecule has 0 amide bonds.